The van der Waals surface area contributed by atoms with E-state index in [0.29, 0.717) is 22.4 Å². The second-order valence-electron chi connectivity index (χ2n) is 10.0. The maximum atomic E-state index is 14.7. The number of sulfonamides is 1. The largest absolute Gasteiger partial charge is 0.453 e. The first-order valence-electron chi connectivity index (χ1n) is 12.1. The molecule has 2 heterocycles. The summed E-state index contributed by atoms with van der Waals surface area (Å²) in [5, 5.41) is 12.4. The molecular formula is C26H28FN5O3S. The summed E-state index contributed by atoms with van der Waals surface area (Å²) in [4.78, 5) is 9.37. The van der Waals surface area contributed by atoms with Gasteiger partial charge in [-0.2, -0.15) is 5.26 Å². The molecule has 0 amide bonds. The topological polar surface area (TPSA) is 117 Å². The lowest BCUT2D eigenvalue weighted by Gasteiger charge is -2.50. The number of hydrogen-bond acceptors (Lipinski definition) is 7. The standard InChI is InChI=1S/C26H28FN5O3S/c1-16(2)36(33,34)32-21-6-4-20(27)25(19(21)14-28)35-18-3-5-22-23(11-18)31-24(15-30-22)17-12-26(13-17)7-9-29-10-8-26/h3-6,11,15-17,29,32H,7-10,12-13H2,1-2H3. The van der Waals surface area contributed by atoms with E-state index in [1.807, 2.05) is 12.3 Å². The zero-order chi connectivity index (χ0) is 25.5. The summed E-state index contributed by atoms with van der Waals surface area (Å²) in [5.74, 6) is -0.480. The van der Waals surface area contributed by atoms with Crippen LogP contribution in [0.25, 0.3) is 11.0 Å². The molecule has 0 unspecified atom stereocenters. The van der Waals surface area contributed by atoms with Crippen LogP contribution in [0, 0.1) is 22.6 Å². The van der Waals surface area contributed by atoms with E-state index in [4.69, 9.17) is 9.72 Å². The molecule has 2 aliphatic rings. The normalized spacial score (nSPS) is 17.6. The first-order chi connectivity index (χ1) is 17.2. The molecule has 3 aromatic rings. The van der Waals surface area contributed by atoms with Crippen LogP contribution in [0.5, 0.6) is 11.5 Å². The van der Waals surface area contributed by atoms with Crippen LogP contribution < -0.4 is 14.8 Å². The number of nitrogens with zero attached hydrogens (tertiary/aromatic N) is 3. The SMILES string of the molecule is CC(C)S(=O)(=O)Nc1ccc(F)c(Oc2ccc3ncc(C4CC5(CCNCC5)C4)nc3c2)c1C#N. The van der Waals surface area contributed by atoms with Gasteiger partial charge < -0.3 is 10.1 Å². The highest BCUT2D eigenvalue weighted by atomic mass is 32.2. The van der Waals surface area contributed by atoms with Crippen molar-refractivity contribution in [3.63, 3.8) is 0 Å². The summed E-state index contributed by atoms with van der Waals surface area (Å²) in [5.41, 5.74) is 2.39. The molecule has 8 nitrogen and oxygen atoms in total. The number of nitriles is 1. The molecule has 1 saturated carbocycles. The van der Waals surface area contributed by atoms with Gasteiger partial charge in [0.15, 0.2) is 11.6 Å². The van der Waals surface area contributed by atoms with Crippen molar-refractivity contribution in [2.24, 2.45) is 5.41 Å². The average molecular weight is 510 g/mol. The van der Waals surface area contributed by atoms with Gasteiger partial charge in [0, 0.05) is 18.2 Å². The smallest absolute Gasteiger partial charge is 0.235 e. The number of anilines is 1. The van der Waals surface area contributed by atoms with Crippen LogP contribution in [0.3, 0.4) is 0 Å². The van der Waals surface area contributed by atoms with Crippen molar-refractivity contribution in [3.05, 3.63) is 53.6 Å². The van der Waals surface area contributed by atoms with Crippen molar-refractivity contribution >= 4 is 26.7 Å². The van der Waals surface area contributed by atoms with Crippen LogP contribution in [-0.4, -0.2) is 36.7 Å². The van der Waals surface area contributed by atoms with E-state index in [9.17, 15) is 18.1 Å². The molecule has 188 valence electrons. The molecule has 1 aliphatic heterocycles. The molecule has 36 heavy (non-hydrogen) atoms. The minimum absolute atomic E-state index is 0.0395. The average Bonchev–Trinajstić information content (AvgIpc) is 2.84. The number of piperidine rings is 1. The zero-order valence-corrected chi connectivity index (χ0v) is 21.0. The Balaban J connectivity index is 1.41. The van der Waals surface area contributed by atoms with Gasteiger partial charge in [-0.15, -0.1) is 0 Å². The molecule has 1 spiro atoms. The molecular weight excluding hydrogens is 481 g/mol. The van der Waals surface area contributed by atoms with Gasteiger partial charge in [0.2, 0.25) is 10.0 Å². The Morgan fingerprint density at radius 3 is 2.64 bits per heavy atom. The predicted molar refractivity (Wildman–Crippen MR) is 135 cm³/mol. The predicted octanol–water partition coefficient (Wildman–Crippen LogP) is 4.83. The van der Waals surface area contributed by atoms with Gasteiger partial charge in [-0.25, -0.2) is 17.8 Å². The number of nitrogens with one attached hydrogen (secondary N) is 2. The van der Waals surface area contributed by atoms with E-state index in [0.717, 1.165) is 37.7 Å². The van der Waals surface area contributed by atoms with Crippen LogP contribution in [-0.2, 0) is 10.0 Å². The Labute approximate surface area is 210 Å². The minimum atomic E-state index is -3.74. The molecule has 2 N–H and O–H groups in total. The molecule has 0 bridgehead atoms. The van der Waals surface area contributed by atoms with Gasteiger partial charge in [0.25, 0.3) is 0 Å². The Hall–Kier alpha value is -3.29. The van der Waals surface area contributed by atoms with Gasteiger partial charge in [0.05, 0.1) is 27.7 Å². The summed E-state index contributed by atoms with van der Waals surface area (Å²) >= 11 is 0. The third-order valence-corrected chi connectivity index (χ3v) is 9.03. The van der Waals surface area contributed by atoms with E-state index in [2.05, 4.69) is 15.0 Å². The number of hydrogen-bond donors (Lipinski definition) is 2. The number of benzene rings is 2. The Bertz CT molecular complexity index is 1450. The number of rotatable bonds is 6. The minimum Gasteiger partial charge on any atom is -0.453 e. The van der Waals surface area contributed by atoms with Crippen LogP contribution >= 0.6 is 0 Å². The van der Waals surface area contributed by atoms with Crippen LogP contribution in [0.2, 0.25) is 0 Å². The van der Waals surface area contributed by atoms with Gasteiger partial charge >= 0.3 is 0 Å². The highest BCUT2D eigenvalue weighted by molar-refractivity contribution is 7.93. The third kappa shape index (κ3) is 4.61. The van der Waals surface area contributed by atoms with Crippen LogP contribution in [0.15, 0.2) is 36.5 Å². The Morgan fingerprint density at radius 2 is 1.94 bits per heavy atom. The van der Waals surface area contributed by atoms with E-state index in [1.54, 1.807) is 18.2 Å². The molecule has 0 radical (unpaired) electrons. The molecule has 10 heteroatoms. The fourth-order valence-corrected chi connectivity index (χ4v) is 5.78. The number of fused-ring (bicyclic) bond motifs is 1. The second-order valence-corrected chi connectivity index (χ2v) is 12.2. The number of aromatic nitrogens is 2. The Morgan fingerprint density at radius 1 is 1.19 bits per heavy atom. The maximum absolute atomic E-state index is 14.7. The monoisotopic (exact) mass is 509 g/mol. The van der Waals surface area contributed by atoms with E-state index in [1.165, 1.54) is 32.8 Å². The fourth-order valence-electron chi connectivity index (χ4n) is 5.07. The highest BCUT2D eigenvalue weighted by Gasteiger charge is 2.45. The summed E-state index contributed by atoms with van der Waals surface area (Å²) in [7, 11) is -3.74. The maximum Gasteiger partial charge on any atom is 0.235 e. The van der Waals surface area contributed by atoms with E-state index in [-0.39, 0.29) is 22.7 Å². The molecule has 5 rings (SSSR count). The van der Waals surface area contributed by atoms with Gasteiger partial charge in [-0.05, 0) is 82.3 Å². The fraction of sp³-hybridized carbons (Fsp3) is 0.423. The first-order valence-corrected chi connectivity index (χ1v) is 13.6. The summed E-state index contributed by atoms with van der Waals surface area (Å²) in [6.45, 7) is 5.15. The number of halogens is 1. The van der Waals surface area contributed by atoms with Crippen molar-refractivity contribution in [2.45, 2.75) is 50.7 Å². The highest BCUT2D eigenvalue weighted by Crippen LogP contribution is 2.55. The van der Waals surface area contributed by atoms with Crippen LogP contribution in [0.4, 0.5) is 10.1 Å². The lowest BCUT2D eigenvalue weighted by Crippen LogP contribution is -2.44. The summed E-state index contributed by atoms with van der Waals surface area (Å²) in [6, 6.07) is 9.16. The Kier molecular flexibility index (Phi) is 6.30. The molecule has 1 aliphatic carbocycles. The first kappa shape index (κ1) is 24.4. The lowest BCUT2D eigenvalue weighted by molar-refractivity contribution is 0.0586. The molecule has 2 aromatic carbocycles. The van der Waals surface area contributed by atoms with Crippen molar-refractivity contribution in [3.8, 4) is 17.6 Å². The van der Waals surface area contributed by atoms with Crippen molar-refractivity contribution in [2.75, 3.05) is 17.8 Å². The van der Waals surface area contributed by atoms with Crippen molar-refractivity contribution < 1.29 is 17.5 Å². The summed E-state index contributed by atoms with van der Waals surface area (Å²) in [6.07, 6.45) is 6.45. The third-order valence-electron chi connectivity index (χ3n) is 7.29. The quantitative estimate of drug-likeness (QED) is 0.489. The molecule has 1 aromatic heterocycles. The van der Waals surface area contributed by atoms with Crippen molar-refractivity contribution in [1.29, 1.82) is 5.26 Å². The van der Waals surface area contributed by atoms with Gasteiger partial charge in [-0.1, -0.05) is 0 Å². The summed E-state index contributed by atoms with van der Waals surface area (Å²) < 4.78 is 47.5. The second kappa shape index (κ2) is 9.30. The van der Waals surface area contributed by atoms with E-state index >= 15 is 0 Å². The molecule has 2 fully saturated rings. The molecule has 0 atom stereocenters. The zero-order valence-electron chi connectivity index (χ0n) is 20.2. The van der Waals surface area contributed by atoms with Crippen LogP contribution in [0.1, 0.15) is 56.7 Å². The van der Waals surface area contributed by atoms with E-state index < -0.39 is 21.1 Å². The van der Waals surface area contributed by atoms with Gasteiger partial charge in [-0.3, -0.25) is 9.71 Å². The van der Waals surface area contributed by atoms with Crippen molar-refractivity contribution in [1.82, 2.24) is 15.3 Å². The van der Waals surface area contributed by atoms with Gasteiger partial charge in [0.1, 0.15) is 17.4 Å². The lowest BCUT2D eigenvalue weighted by atomic mass is 9.57. The number of ether oxygens (including phenoxy) is 1. The molecule has 1 saturated heterocycles.